The third kappa shape index (κ3) is 3.10. The first-order valence-corrected chi connectivity index (χ1v) is 2.31. The second-order valence-electron chi connectivity index (χ2n) is 1.32. The van der Waals surface area contributed by atoms with Crippen LogP contribution < -0.4 is 0 Å². The molecule has 0 saturated carbocycles. The Bertz CT molecular complexity index is 139. The quantitative estimate of drug-likeness (QED) is 0.386. The highest BCUT2D eigenvalue weighted by molar-refractivity contribution is 5.92. The number of hydrogen-bond acceptors (Lipinski definition) is 2. The van der Waals surface area contributed by atoms with Crippen LogP contribution in [0.25, 0.3) is 0 Å². The molecule has 0 aliphatic heterocycles. The number of nitrogens with zero attached hydrogens (tertiary/aromatic N) is 2. The van der Waals surface area contributed by atoms with Gasteiger partial charge >= 0.3 is 0 Å². The van der Waals surface area contributed by atoms with Crippen molar-refractivity contribution in [3.63, 3.8) is 0 Å². The van der Waals surface area contributed by atoms with Crippen LogP contribution in [0.2, 0.25) is 0 Å². The zero-order chi connectivity index (χ0) is 6.41. The number of hydrogen-bond donors (Lipinski definition) is 0. The standard InChI is InChI=1S/C6H8N2/c1-3-6(2)8-5-4-7/h3H,1,5H2,2H3. The lowest BCUT2D eigenvalue weighted by Gasteiger charge is -1.82. The molecular formula is C6H8N2. The Kier molecular flexibility index (Phi) is 3.51. The van der Waals surface area contributed by atoms with Gasteiger partial charge in [-0.15, -0.1) is 0 Å². The lowest BCUT2D eigenvalue weighted by molar-refractivity contribution is 1.24. The summed E-state index contributed by atoms with van der Waals surface area (Å²) in [5, 5.41) is 8.02. The van der Waals surface area contributed by atoms with Crippen LogP contribution in [0.5, 0.6) is 0 Å². The molecule has 0 aliphatic rings. The summed E-state index contributed by atoms with van der Waals surface area (Å²) in [6.07, 6.45) is 1.62. The Morgan fingerprint density at radius 3 is 3.00 bits per heavy atom. The lowest BCUT2D eigenvalue weighted by Crippen LogP contribution is -1.83. The summed E-state index contributed by atoms with van der Waals surface area (Å²) in [6.45, 7) is 5.52. The van der Waals surface area contributed by atoms with Crippen LogP contribution in [0.1, 0.15) is 6.92 Å². The molecule has 0 amide bonds. The summed E-state index contributed by atoms with van der Waals surface area (Å²) in [7, 11) is 0. The van der Waals surface area contributed by atoms with Crippen LogP contribution >= 0.6 is 0 Å². The molecule has 2 heteroatoms. The van der Waals surface area contributed by atoms with E-state index in [1.54, 1.807) is 6.08 Å². The highest BCUT2D eigenvalue weighted by Crippen LogP contribution is 1.75. The van der Waals surface area contributed by atoms with E-state index in [9.17, 15) is 0 Å². The second kappa shape index (κ2) is 4.07. The first-order chi connectivity index (χ1) is 3.81. The molecule has 0 unspecified atom stereocenters. The zero-order valence-electron chi connectivity index (χ0n) is 4.89. The predicted molar refractivity (Wildman–Crippen MR) is 33.8 cm³/mol. The Balaban J connectivity index is 3.61. The highest BCUT2D eigenvalue weighted by Gasteiger charge is 1.76. The average molecular weight is 108 g/mol. The Hall–Kier alpha value is -1.10. The fourth-order valence-electron chi connectivity index (χ4n) is 0.225. The van der Waals surface area contributed by atoms with Gasteiger partial charge in [0.15, 0.2) is 0 Å². The van der Waals surface area contributed by atoms with E-state index >= 15 is 0 Å². The smallest absolute Gasteiger partial charge is 0.126 e. The van der Waals surface area contributed by atoms with E-state index in [0.29, 0.717) is 0 Å². The van der Waals surface area contributed by atoms with Crippen LogP contribution in [0.3, 0.4) is 0 Å². The first-order valence-electron chi connectivity index (χ1n) is 2.31. The number of allylic oxidation sites excluding steroid dienone is 1. The Morgan fingerprint density at radius 1 is 2.00 bits per heavy atom. The third-order valence-electron chi connectivity index (χ3n) is 0.695. The molecule has 42 valence electrons. The molecule has 0 aromatic heterocycles. The van der Waals surface area contributed by atoms with Crippen molar-refractivity contribution in [3.05, 3.63) is 12.7 Å². The minimum absolute atomic E-state index is 0.234. The number of nitriles is 1. The second-order valence-corrected chi connectivity index (χ2v) is 1.32. The summed E-state index contributed by atoms with van der Waals surface area (Å²) in [5.41, 5.74) is 0.812. The molecular weight excluding hydrogens is 100 g/mol. The topological polar surface area (TPSA) is 36.1 Å². The maximum absolute atomic E-state index is 8.02. The summed E-state index contributed by atoms with van der Waals surface area (Å²) < 4.78 is 0. The number of aliphatic imine (C=N–C) groups is 1. The van der Waals surface area contributed by atoms with Gasteiger partial charge in [-0.25, -0.2) is 0 Å². The molecule has 0 heterocycles. The van der Waals surface area contributed by atoms with E-state index in [1.165, 1.54) is 0 Å². The van der Waals surface area contributed by atoms with Crippen LogP contribution in [0.4, 0.5) is 0 Å². The molecule has 2 nitrogen and oxygen atoms in total. The van der Waals surface area contributed by atoms with Gasteiger partial charge in [-0.05, 0) is 13.0 Å². The Labute approximate surface area is 49.2 Å². The minimum atomic E-state index is 0.234. The minimum Gasteiger partial charge on any atom is -0.275 e. The molecule has 0 atom stereocenters. The van der Waals surface area contributed by atoms with E-state index in [1.807, 2.05) is 13.0 Å². The van der Waals surface area contributed by atoms with E-state index in [-0.39, 0.29) is 6.54 Å². The number of rotatable bonds is 2. The van der Waals surface area contributed by atoms with Gasteiger partial charge < -0.3 is 0 Å². The van der Waals surface area contributed by atoms with Gasteiger partial charge in [0.25, 0.3) is 0 Å². The fourth-order valence-corrected chi connectivity index (χ4v) is 0.225. The summed E-state index contributed by atoms with van der Waals surface area (Å²) in [4.78, 5) is 3.80. The van der Waals surface area contributed by atoms with Gasteiger partial charge in [-0.1, -0.05) is 6.58 Å². The molecule has 0 fully saturated rings. The van der Waals surface area contributed by atoms with E-state index < -0.39 is 0 Å². The predicted octanol–water partition coefficient (Wildman–Crippen LogP) is 1.16. The van der Waals surface area contributed by atoms with Crippen molar-refractivity contribution >= 4 is 5.71 Å². The largest absolute Gasteiger partial charge is 0.275 e. The van der Waals surface area contributed by atoms with Crippen molar-refractivity contribution in [2.45, 2.75) is 6.92 Å². The van der Waals surface area contributed by atoms with Gasteiger partial charge in [0.1, 0.15) is 6.54 Å². The third-order valence-corrected chi connectivity index (χ3v) is 0.695. The molecule has 0 radical (unpaired) electrons. The van der Waals surface area contributed by atoms with Crippen molar-refractivity contribution in [1.82, 2.24) is 0 Å². The summed E-state index contributed by atoms with van der Waals surface area (Å²) >= 11 is 0. The zero-order valence-corrected chi connectivity index (χ0v) is 4.89. The molecule has 0 rings (SSSR count). The Morgan fingerprint density at radius 2 is 2.62 bits per heavy atom. The van der Waals surface area contributed by atoms with Crippen molar-refractivity contribution < 1.29 is 0 Å². The lowest BCUT2D eigenvalue weighted by atomic mass is 10.4. The van der Waals surface area contributed by atoms with E-state index in [2.05, 4.69) is 11.6 Å². The van der Waals surface area contributed by atoms with E-state index in [4.69, 9.17) is 5.26 Å². The molecule has 0 saturated heterocycles. The van der Waals surface area contributed by atoms with Gasteiger partial charge in [-0.3, -0.25) is 4.99 Å². The van der Waals surface area contributed by atoms with Gasteiger partial charge in [-0.2, -0.15) is 5.26 Å². The molecule has 0 aromatic rings. The van der Waals surface area contributed by atoms with Gasteiger partial charge in [0.05, 0.1) is 6.07 Å². The normalized spacial score (nSPS) is 10.2. The van der Waals surface area contributed by atoms with Crippen molar-refractivity contribution in [2.24, 2.45) is 4.99 Å². The van der Waals surface area contributed by atoms with Gasteiger partial charge in [0, 0.05) is 5.71 Å². The van der Waals surface area contributed by atoms with Crippen LogP contribution in [-0.2, 0) is 0 Å². The maximum atomic E-state index is 8.02. The molecule has 0 aliphatic carbocycles. The van der Waals surface area contributed by atoms with Crippen LogP contribution in [0, 0.1) is 11.3 Å². The monoisotopic (exact) mass is 108 g/mol. The van der Waals surface area contributed by atoms with Gasteiger partial charge in [0.2, 0.25) is 0 Å². The maximum Gasteiger partial charge on any atom is 0.126 e. The first kappa shape index (κ1) is 6.90. The van der Waals surface area contributed by atoms with Crippen LogP contribution in [0.15, 0.2) is 17.6 Å². The molecule has 0 bridgehead atoms. The molecule has 0 N–H and O–H groups in total. The van der Waals surface area contributed by atoms with E-state index in [0.717, 1.165) is 5.71 Å². The van der Waals surface area contributed by atoms with Crippen molar-refractivity contribution in [2.75, 3.05) is 6.54 Å². The van der Waals surface area contributed by atoms with Crippen LogP contribution in [-0.4, -0.2) is 12.3 Å². The van der Waals surface area contributed by atoms with Crippen molar-refractivity contribution in [3.8, 4) is 6.07 Å². The summed E-state index contributed by atoms with van der Waals surface area (Å²) in [6, 6.07) is 1.90. The molecule has 0 aromatic carbocycles. The summed E-state index contributed by atoms with van der Waals surface area (Å²) in [5.74, 6) is 0. The van der Waals surface area contributed by atoms with Crippen molar-refractivity contribution in [1.29, 1.82) is 5.26 Å². The molecule has 0 spiro atoms. The highest BCUT2D eigenvalue weighted by atomic mass is 14.7. The SMILES string of the molecule is C=CC(C)=NCC#N. The molecule has 8 heavy (non-hydrogen) atoms. The fraction of sp³-hybridized carbons (Fsp3) is 0.333. The average Bonchev–Trinajstić information content (AvgIpc) is 1.83.